The molecular weight excluding hydrogens is 290 g/mol. The molecule has 0 atom stereocenters. The minimum atomic E-state index is -0.372. The first-order chi connectivity index (χ1) is 9.60. The smallest absolute Gasteiger partial charge is 0.196 e. The van der Waals surface area contributed by atoms with Gasteiger partial charge in [-0.2, -0.15) is 5.10 Å². The normalized spacial score (nSPS) is 11.7. The lowest BCUT2D eigenvalue weighted by Gasteiger charge is -2.25. The highest BCUT2D eigenvalue weighted by Gasteiger charge is 2.29. The maximum absolute atomic E-state index is 5.40. The Morgan fingerprint density at radius 2 is 2.20 bits per heavy atom. The van der Waals surface area contributed by atoms with E-state index in [2.05, 4.69) is 34.0 Å². The number of aromatic nitrogens is 5. The summed E-state index contributed by atoms with van der Waals surface area (Å²) < 4.78 is 2.56. The van der Waals surface area contributed by atoms with Crippen molar-refractivity contribution in [2.24, 2.45) is 0 Å². The average Bonchev–Trinajstić information content (AvgIpc) is 3.09. The minimum absolute atomic E-state index is 0.372. The van der Waals surface area contributed by atoms with Crippen LogP contribution in [0.5, 0.6) is 0 Å². The van der Waals surface area contributed by atoms with Gasteiger partial charge in [-0.15, -0.1) is 11.3 Å². The molecule has 1 N–H and O–H groups in total. The van der Waals surface area contributed by atoms with Gasteiger partial charge in [0.1, 0.15) is 5.01 Å². The third-order valence-corrected chi connectivity index (χ3v) is 4.47. The molecule has 3 aromatic rings. The maximum Gasteiger partial charge on any atom is 0.196 e. The molecule has 0 aliphatic heterocycles. The monoisotopic (exact) mass is 303 g/mol. The van der Waals surface area contributed by atoms with Crippen LogP contribution in [-0.2, 0) is 5.54 Å². The van der Waals surface area contributed by atoms with E-state index in [1.165, 1.54) is 0 Å². The van der Waals surface area contributed by atoms with E-state index in [0.29, 0.717) is 4.77 Å². The quantitative estimate of drug-likeness (QED) is 0.755. The van der Waals surface area contributed by atoms with Gasteiger partial charge in [0, 0.05) is 29.5 Å². The van der Waals surface area contributed by atoms with Crippen molar-refractivity contribution in [2.45, 2.75) is 19.4 Å². The van der Waals surface area contributed by atoms with Crippen LogP contribution in [-0.4, -0.2) is 24.7 Å². The molecule has 0 aromatic carbocycles. The third kappa shape index (κ3) is 2.08. The summed E-state index contributed by atoms with van der Waals surface area (Å²) in [5, 5.41) is 10.2. The number of H-pyrrole nitrogens is 1. The summed E-state index contributed by atoms with van der Waals surface area (Å²) in [6, 6.07) is 3.85. The van der Waals surface area contributed by atoms with Crippen molar-refractivity contribution in [1.29, 1.82) is 0 Å². The van der Waals surface area contributed by atoms with Gasteiger partial charge >= 0.3 is 0 Å². The molecule has 3 rings (SSSR count). The molecule has 3 aromatic heterocycles. The molecule has 0 radical (unpaired) electrons. The second-order valence-corrected chi connectivity index (χ2v) is 6.11. The zero-order valence-corrected chi connectivity index (χ0v) is 12.7. The predicted octanol–water partition coefficient (Wildman–Crippen LogP) is 3.24. The molecule has 0 bridgehead atoms. The largest absolute Gasteiger partial charge is 0.288 e. The van der Waals surface area contributed by atoms with E-state index in [4.69, 9.17) is 12.2 Å². The van der Waals surface area contributed by atoms with Crippen LogP contribution < -0.4 is 0 Å². The first-order valence-electron chi connectivity index (χ1n) is 6.09. The highest BCUT2D eigenvalue weighted by atomic mass is 32.1. The fourth-order valence-electron chi connectivity index (χ4n) is 2.13. The number of thiazole rings is 1. The molecular formula is C13H13N5S2. The molecule has 0 spiro atoms. The van der Waals surface area contributed by atoms with Gasteiger partial charge < -0.3 is 0 Å². The van der Waals surface area contributed by atoms with E-state index in [1.807, 2.05) is 22.1 Å². The Hall–Kier alpha value is -1.86. The Balaban J connectivity index is 2.21. The van der Waals surface area contributed by atoms with Gasteiger partial charge in [-0.1, -0.05) is 0 Å². The summed E-state index contributed by atoms with van der Waals surface area (Å²) in [5.74, 6) is 0.767. The molecule has 102 valence electrons. The number of rotatable bonds is 3. The predicted molar refractivity (Wildman–Crippen MR) is 81.2 cm³/mol. The standard InChI is InChI=1S/C13H13N5S2/c1-13(2,11-15-6-7-20-11)18-10(16-17-12(18)19)9-4-3-5-14-8-9/h3-8H,1-2H3,(H,17,19). The molecule has 20 heavy (non-hydrogen) atoms. The number of pyridine rings is 1. The van der Waals surface area contributed by atoms with Crippen molar-refractivity contribution in [1.82, 2.24) is 24.7 Å². The second kappa shape index (κ2) is 4.92. The lowest BCUT2D eigenvalue weighted by atomic mass is 10.1. The number of aromatic amines is 1. The molecule has 0 unspecified atom stereocenters. The fraction of sp³-hybridized carbons (Fsp3) is 0.231. The van der Waals surface area contributed by atoms with E-state index in [1.54, 1.807) is 29.9 Å². The van der Waals surface area contributed by atoms with E-state index in [9.17, 15) is 0 Å². The van der Waals surface area contributed by atoms with E-state index in [0.717, 1.165) is 16.4 Å². The van der Waals surface area contributed by atoms with Crippen LogP contribution in [0.1, 0.15) is 18.9 Å². The van der Waals surface area contributed by atoms with Crippen LogP contribution in [0.2, 0.25) is 0 Å². The number of nitrogens with zero attached hydrogens (tertiary/aromatic N) is 4. The molecule has 5 nitrogen and oxygen atoms in total. The van der Waals surface area contributed by atoms with E-state index >= 15 is 0 Å². The molecule has 0 saturated heterocycles. The minimum Gasteiger partial charge on any atom is -0.288 e. The first-order valence-corrected chi connectivity index (χ1v) is 7.38. The van der Waals surface area contributed by atoms with Crippen molar-refractivity contribution < 1.29 is 0 Å². The summed E-state index contributed by atoms with van der Waals surface area (Å²) >= 11 is 7.00. The summed E-state index contributed by atoms with van der Waals surface area (Å²) in [4.78, 5) is 8.56. The lowest BCUT2D eigenvalue weighted by Crippen LogP contribution is -2.28. The van der Waals surface area contributed by atoms with Crippen molar-refractivity contribution in [3.63, 3.8) is 0 Å². The zero-order chi connectivity index (χ0) is 14.2. The number of hydrogen-bond acceptors (Lipinski definition) is 5. The topological polar surface area (TPSA) is 59.4 Å². The van der Waals surface area contributed by atoms with Crippen molar-refractivity contribution in [3.05, 3.63) is 45.9 Å². The molecule has 0 aliphatic rings. The Kier molecular flexibility index (Phi) is 3.23. The van der Waals surface area contributed by atoms with Crippen molar-refractivity contribution >= 4 is 23.6 Å². The zero-order valence-electron chi connectivity index (χ0n) is 11.1. The number of nitrogens with one attached hydrogen (secondary N) is 1. The lowest BCUT2D eigenvalue weighted by molar-refractivity contribution is 0.432. The van der Waals surface area contributed by atoms with Gasteiger partial charge in [-0.3, -0.25) is 14.6 Å². The van der Waals surface area contributed by atoms with Crippen molar-refractivity contribution in [2.75, 3.05) is 0 Å². The molecule has 0 saturated carbocycles. The highest BCUT2D eigenvalue weighted by Crippen LogP contribution is 2.31. The van der Waals surface area contributed by atoms with Gasteiger partial charge in [-0.05, 0) is 38.2 Å². The van der Waals surface area contributed by atoms with Crippen LogP contribution in [0.4, 0.5) is 0 Å². The number of hydrogen-bond donors (Lipinski definition) is 1. The van der Waals surface area contributed by atoms with E-state index in [-0.39, 0.29) is 5.54 Å². The van der Waals surface area contributed by atoms with Crippen LogP contribution >= 0.6 is 23.6 Å². The Bertz CT molecular complexity index is 756. The average molecular weight is 303 g/mol. The summed E-state index contributed by atoms with van der Waals surface area (Å²) in [7, 11) is 0. The van der Waals surface area contributed by atoms with Gasteiger partial charge in [0.05, 0.1) is 5.54 Å². The summed E-state index contributed by atoms with van der Waals surface area (Å²) in [6.45, 7) is 4.16. The summed E-state index contributed by atoms with van der Waals surface area (Å²) in [6.07, 6.45) is 5.32. The molecule has 0 fully saturated rings. The molecule has 3 heterocycles. The van der Waals surface area contributed by atoms with Crippen molar-refractivity contribution in [3.8, 4) is 11.4 Å². The van der Waals surface area contributed by atoms with Gasteiger partial charge in [0.15, 0.2) is 10.6 Å². The molecule has 0 amide bonds. The Morgan fingerprint density at radius 3 is 2.85 bits per heavy atom. The van der Waals surface area contributed by atoms with Crippen LogP contribution in [0, 0.1) is 4.77 Å². The first kappa shape index (κ1) is 13.1. The van der Waals surface area contributed by atoms with Crippen LogP contribution in [0.15, 0.2) is 36.1 Å². The Morgan fingerprint density at radius 1 is 1.35 bits per heavy atom. The summed E-state index contributed by atoms with van der Waals surface area (Å²) in [5.41, 5.74) is 0.549. The van der Waals surface area contributed by atoms with Gasteiger partial charge in [0.2, 0.25) is 0 Å². The Labute approximate surface area is 125 Å². The highest BCUT2D eigenvalue weighted by molar-refractivity contribution is 7.71. The molecule has 7 heteroatoms. The van der Waals surface area contributed by atoms with E-state index < -0.39 is 0 Å². The van der Waals surface area contributed by atoms with Gasteiger partial charge in [0.25, 0.3) is 0 Å². The SMILES string of the molecule is CC(C)(c1nccs1)n1c(-c2cccnc2)n[nH]c1=S. The second-order valence-electron chi connectivity index (χ2n) is 4.83. The van der Waals surface area contributed by atoms with Crippen LogP contribution in [0.3, 0.4) is 0 Å². The fourth-order valence-corrected chi connectivity index (χ4v) is 3.24. The third-order valence-electron chi connectivity index (χ3n) is 3.11. The van der Waals surface area contributed by atoms with Crippen LogP contribution in [0.25, 0.3) is 11.4 Å². The van der Waals surface area contributed by atoms with Gasteiger partial charge in [-0.25, -0.2) is 4.98 Å². The maximum atomic E-state index is 5.40. The molecule has 0 aliphatic carbocycles.